The van der Waals surface area contributed by atoms with Gasteiger partial charge in [-0.1, -0.05) is 6.92 Å². The van der Waals surface area contributed by atoms with Crippen LogP contribution >= 0.6 is 0 Å². The van der Waals surface area contributed by atoms with Gasteiger partial charge < -0.3 is 10.1 Å². The van der Waals surface area contributed by atoms with Crippen LogP contribution in [-0.2, 0) is 4.74 Å². The van der Waals surface area contributed by atoms with Gasteiger partial charge in [-0.15, -0.1) is 0 Å². The molecule has 0 spiro atoms. The lowest BCUT2D eigenvalue weighted by Gasteiger charge is -2.22. The molecule has 1 heterocycles. The Hall–Kier alpha value is -0.830. The molecule has 0 bridgehead atoms. The van der Waals surface area contributed by atoms with Gasteiger partial charge in [0.25, 0.3) is 0 Å². The molecule has 0 aromatic rings. The fourth-order valence-corrected chi connectivity index (χ4v) is 2.06. The summed E-state index contributed by atoms with van der Waals surface area (Å²) in [5.41, 5.74) is 0. The fourth-order valence-electron chi connectivity index (χ4n) is 2.06. The van der Waals surface area contributed by atoms with Gasteiger partial charge in [-0.2, -0.15) is 0 Å². The Balaban J connectivity index is 2.29. The molecule has 0 unspecified atom stereocenters. The third-order valence-corrected chi connectivity index (χ3v) is 3.12. The van der Waals surface area contributed by atoms with Crippen molar-refractivity contribution in [3.63, 3.8) is 0 Å². The highest BCUT2D eigenvalue weighted by atomic mass is 19.1. The molecular weight excluding hydrogens is 217 g/mol. The highest BCUT2D eigenvalue weighted by Crippen LogP contribution is 2.19. The van der Waals surface area contributed by atoms with Crippen LogP contribution in [0.3, 0.4) is 0 Å². The summed E-state index contributed by atoms with van der Waals surface area (Å²) in [5.74, 6) is 0.883. The molecule has 1 fully saturated rings. The smallest absolute Gasteiger partial charge is 0.160 e. The fraction of sp³-hybridized carbons (Fsp3) is 0.714. The van der Waals surface area contributed by atoms with E-state index in [1.54, 1.807) is 13.0 Å². The third-order valence-electron chi connectivity index (χ3n) is 3.12. The molecule has 0 aromatic heterocycles. The maximum absolute atomic E-state index is 13.4. The second-order valence-electron chi connectivity index (χ2n) is 4.44. The minimum atomic E-state index is -0.253. The number of hydrogen-bond donors (Lipinski definition) is 1. The molecule has 0 radical (unpaired) electrons. The molecule has 17 heavy (non-hydrogen) atoms. The van der Waals surface area contributed by atoms with E-state index in [0.717, 1.165) is 31.8 Å². The van der Waals surface area contributed by atoms with Gasteiger partial charge in [-0.25, -0.2) is 4.39 Å². The maximum atomic E-state index is 13.4. The van der Waals surface area contributed by atoms with Crippen LogP contribution in [0.4, 0.5) is 4.39 Å². The van der Waals surface area contributed by atoms with E-state index in [2.05, 4.69) is 5.32 Å². The van der Waals surface area contributed by atoms with Crippen molar-refractivity contribution in [3.05, 3.63) is 23.7 Å². The zero-order chi connectivity index (χ0) is 12.5. The van der Waals surface area contributed by atoms with E-state index in [1.165, 1.54) is 18.9 Å². The molecular formula is C14H24FNO. The highest BCUT2D eigenvalue weighted by Gasteiger charge is 2.13. The summed E-state index contributed by atoms with van der Waals surface area (Å²) in [5, 5.41) is 3.34. The Kier molecular flexibility index (Phi) is 6.94. The first kappa shape index (κ1) is 14.2. The third kappa shape index (κ3) is 5.35. The predicted molar refractivity (Wildman–Crippen MR) is 69.4 cm³/mol. The van der Waals surface area contributed by atoms with Crippen LogP contribution in [-0.4, -0.2) is 19.7 Å². The van der Waals surface area contributed by atoms with Crippen molar-refractivity contribution in [2.24, 2.45) is 5.92 Å². The van der Waals surface area contributed by atoms with E-state index in [4.69, 9.17) is 4.74 Å². The minimum Gasteiger partial charge on any atom is -0.491 e. The first-order chi connectivity index (χ1) is 8.27. The molecule has 2 nitrogen and oxygen atoms in total. The molecule has 1 rings (SSSR count). The maximum Gasteiger partial charge on any atom is 0.160 e. The van der Waals surface area contributed by atoms with Crippen molar-refractivity contribution < 1.29 is 9.13 Å². The lowest BCUT2D eigenvalue weighted by atomic mass is 9.95. The first-order valence-electron chi connectivity index (χ1n) is 6.63. The highest BCUT2D eigenvalue weighted by molar-refractivity contribution is 5.18. The van der Waals surface area contributed by atoms with E-state index >= 15 is 0 Å². The van der Waals surface area contributed by atoms with Crippen molar-refractivity contribution in [1.29, 1.82) is 0 Å². The summed E-state index contributed by atoms with van der Waals surface area (Å²) in [4.78, 5) is 0. The SMILES string of the molecule is C/C=C(F)\C(=C/CC)OCCC1CCNCC1. The Bertz CT molecular complexity index is 267. The molecule has 1 aliphatic rings. The number of hydrogen-bond acceptors (Lipinski definition) is 2. The Morgan fingerprint density at radius 2 is 2.12 bits per heavy atom. The lowest BCUT2D eigenvalue weighted by Crippen LogP contribution is -2.28. The molecule has 0 aliphatic carbocycles. The van der Waals surface area contributed by atoms with Gasteiger partial charge in [0, 0.05) is 0 Å². The van der Waals surface area contributed by atoms with Crippen LogP contribution in [0.2, 0.25) is 0 Å². The Morgan fingerprint density at radius 1 is 1.41 bits per heavy atom. The lowest BCUT2D eigenvalue weighted by molar-refractivity contribution is 0.176. The Labute approximate surface area is 104 Å². The van der Waals surface area contributed by atoms with Gasteiger partial charge in [0.2, 0.25) is 0 Å². The molecule has 0 amide bonds. The van der Waals surface area contributed by atoms with E-state index in [9.17, 15) is 4.39 Å². The second kappa shape index (κ2) is 8.29. The summed E-state index contributed by atoms with van der Waals surface area (Å²) < 4.78 is 18.9. The van der Waals surface area contributed by atoms with E-state index < -0.39 is 0 Å². The average Bonchev–Trinajstić information content (AvgIpc) is 2.38. The number of halogens is 1. The number of ether oxygens (including phenoxy) is 1. The zero-order valence-electron chi connectivity index (χ0n) is 11.0. The van der Waals surface area contributed by atoms with Crippen LogP contribution in [0.15, 0.2) is 23.7 Å². The molecule has 3 heteroatoms. The first-order valence-corrected chi connectivity index (χ1v) is 6.63. The van der Waals surface area contributed by atoms with Gasteiger partial charge in [-0.05, 0) is 63.8 Å². The second-order valence-corrected chi connectivity index (χ2v) is 4.44. The molecule has 1 N–H and O–H groups in total. The minimum absolute atomic E-state index is 0.253. The van der Waals surface area contributed by atoms with Crippen molar-refractivity contribution >= 4 is 0 Å². The summed E-state index contributed by atoms with van der Waals surface area (Å²) in [7, 11) is 0. The quantitative estimate of drug-likeness (QED) is 0.567. The monoisotopic (exact) mass is 241 g/mol. The van der Waals surface area contributed by atoms with Gasteiger partial charge in [-0.3, -0.25) is 0 Å². The van der Waals surface area contributed by atoms with Crippen LogP contribution in [0.5, 0.6) is 0 Å². The molecule has 1 aliphatic heterocycles. The number of nitrogens with one attached hydrogen (secondary N) is 1. The van der Waals surface area contributed by atoms with E-state index in [0.29, 0.717) is 12.4 Å². The topological polar surface area (TPSA) is 21.3 Å². The van der Waals surface area contributed by atoms with Gasteiger partial charge >= 0.3 is 0 Å². The average molecular weight is 241 g/mol. The molecule has 0 atom stereocenters. The normalized spacial score (nSPS) is 19.5. The molecule has 0 aromatic carbocycles. The van der Waals surface area contributed by atoms with E-state index in [1.807, 2.05) is 6.92 Å². The van der Waals surface area contributed by atoms with Gasteiger partial charge in [0.1, 0.15) is 0 Å². The predicted octanol–water partition coefficient (Wildman–Crippen LogP) is 3.56. The summed E-state index contributed by atoms with van der Waals surface area (Å²) in [6.45, 7) is 6.50. The van der Waals surface area contributed by atoms with Crippen LogP contribution in [0, 0.1) is 5.92 Å². The standard InChI is InChI=1S/C14H24FNO/c1-3-5-14(13(15)4-2)17-11-8-12-6-9-16-10-7-12/h4-5,12,16H,3,6-11H2,1-2H3/b13-4+,14-5+. The van der Waals surface area contributed by atoms with Crippen molar-refractivity contribution in [2.45, 2.75) is 39.5 Å². The van der Waals surface area contributed by atoms with E-state index in [-0.39, 0.29) is 5.83 Å². The zero-order valence-corrected chi connectivity index (χ0v) is 11.0. The summed E-state index contributed by atoms with van der Waals surface area (Å²) in [6, 6.07) is 0. The molecule has 1 saturated heterocycles. The number of allylic oxidation sites excluding steroid dienone is 3. The van der Waals surface area contributed by atoms with Crippen LogP contribution < -0.4 is 5.32 Å². The van der Waals surface area contributed by atoms with Crippen molar-refractivity contribution in [1.82, 2.24) is 5.32 Å². The van der Waals surface area contributed by atoms with Gasteiger partial charge in [0.05, 0.1) is 6.61 Å². The summed E-state index contributed by atoms with van der Waals surface area (Å²) in [6.07, 6.45) is 7.50. The molecule has 0 saturated carbocycles. The number of piperidine rings is 1. The Morgan fingerprint density at radius 3 is 2.71 bits per heavy atom. The largest absolute Gasteiger partial charge is 0.491 e. The van der Waals surface area contributed by atoms with Crippen molar-refractivity contribution in [3.8, 4) is 0 Å². The molecule has 98 valence electrons. The van der Waals surface area contributed by atoms with Crippen molar-refractivity contribution in [2.75, 3.05) is 19.7 Å². The van der Waals surface area contributed by atoms with Gasteiger partial charge in [0.15, 0.2) is 11.6 Å². The summed E-state index contributed by atoms with van der Waals surface area (Å²) >= 11 is 0. The van der Waals surface area contributed by atoms with Crippen LogP contribution in [0.1, 0.15) is 39.5 Å². The number of rotatable bonds is 6. The van der Waals surface area contributed by atoms with Crippen LogP contribution in [0.25, 0.3) is 0 Å².